The minimum atomic E-state index is -0.722. The van der Waals surface area contributed by atoms with E-state index in [1.165, 1.54) is 4.57 Å². The van der Waals surface area contributed by atoms with Crippen molar-refractivity contribution in [1.82, 2.24) is 9.55 Å². The summed E-state index contributed by atoms with van der Waals surface area (Å²) in [6.45, 7) is 3.96. The maximum atomic E-state index is 12.6. The number of nitrogens with one attached hydrogen (secondary N) is 2. The van der Waals surface area contributed by atoms with Gasteiger partial charge in [-0.05, 0) is 37.4 Å². The lowest BCUT2D eigenvalue weighted by Crippen LogP contribution is -2.32. The number of hydrogen-bond acceptors (Lipinski definition) is 6. The monoisotopic (exact) mass is 382 g/mol. The fourth-order valence-electron chi connectivity index (χ4n) is 2.66. The zero-order valence-electron chi connectivity index (χ0n) is 14.9. The quantitative estimate of drug-likeness (QED) is 0.652. The number of hydrogen-bond donors (Lipinski definition) is 2. The van der Waals surface area contributed by atoms with E-state index in [0.717, 1.165) is 27.9 Å². The molecule has 0 atom stereocenters. The summed E-state index contributed by atoms with van der Waals surface area (Å²) in [6.07, 6.45) is 3.45. The van der Waals surface area contributed by atoms with E-state index in [2.05, 4.69) is 10.3 Å². The number of fused-ring (bicyclic) bond motifs is 1. The highest BCUT2D eigenvalue weighted by molar-refractivity contribution is 7.07. The van der Waals surface area contributed by atoms with Gasteiger partial charge in [0.25, 0.3) is 5.56 Å². The van der Waals surface area contributed by atoms with Crippen LogP contribution in [0.25, 0.3) is 22.7 Å². The molecular weight excluding hydrogens is 364 g/mol. The van der Waals surface area contributed by atoms with Gasteiger partial charge in [0.2, 0.25) is 0 Å². The van der Waals surface area contributed by atoms with Crippen LogP contribution in [0.3, 0.4) is 0 Å². The summed E-state index contributed by atoms with van der Waals surface area (Å²) in [5.74, 6) is -0.722. The maximum absolute atomic E-state index is 12.6. The van der Waals surface area contributed by atoms with Gasteiger partial charge in [0.05, 0.1) is 6.61 Å². The molecule has 2 aromatic heterocycles. The normalized spacial score (nSPS) is 12.7. The van der Waals surface area contributed by atoms with E-state index in [1.54, 1.807) is 20.0 Å². The lowest BCUT2D eigenvalue weighted by atomic mass is 10.2. The number of esters is 1. The maximum Gasteiger partial charge on any atom is 0.351 e. The highest BCUT2D eigenvalue weighted by Crippen LogP contribution is 2.17. The number of aromatic nitrogens is 2. The smallest absolute Gasteiger partial charge is 0.351 e. The van der Waals surface area contributed by atoms with E-state index in [1.807, 2.05) is 36.5 Å². The van der Waals surface area contributed by atoms with Gasteiger partial charge in [-0.2, -0.15) is 5.26 Å². The standard InChI is InChI=1S/C19H18N4O3S/c1-3-23-17(24)16(27-18(23)14(10-20)19(25)26-4-2)11-22-13-6-5-12-7-8-21-15(12)9-13/h5-9,11,21-22H,3-4H2,1-2H3/b16-11+,18-14-. The van der Waals surface area contributed by atoms with Crippen LogP contribution < -0.4 is 20.1 Å². The average Bonchev–Trinajstić information content (AvgIpc) is 3.25. The first kappa shape index (κ1) is 18.5. The number of ether oxygens (including phenoxy) is 1. The molecule has 3 aromatic rings. The zero-order chi connectivity index (χ0) is 19.4. The molecule has 138 valence electrons. The summed E-state index contributed by atoms with van der Waals surface area (Å²) in [5, 5.41) is 13.6. The second-order valence-electron chi connectivity index (χ2n) is 5.60. The van der Waals surface area contributed by atoms with Gasteiger partial charge in [0.15, 0.2) is 5.57 Å². The third kappa shape index (κ3) is 3.64. The molecule has 0 saturated heterocycles. The van der Waals surface area contributed by atoms with Crippen molar-refractivity contribution in [2.45, 2.75) is 20.4 Å². The summed E-state index contributed by atoms with van der Waals surface area (Å²) in [6, 6.07) is 9.65. The van der Waals surface area contributed by atoms with Crippen LogP contribution >= 0.6 is 11.3 Å². The second-order valence-corrected chi connectivity index (χ2v) is 6.63. The van der Waals surface area contributed by atoms with Crippen molar-refractivity contribution >= 4 is 45.7 Å². The molecule has 0 aliphatic heterocycles. The van der Waals surface area contributed by atoms with Gasteiger partial charge in [0.1, 0.15) is 15.3 Å². The Morgan fingerprint density at radius 1 is 1.41 bits per heavy atom. The molecule has 3 rings (SSSR count). The number of thiazole rings is 1. The molecule has 0 radical (unpaired) electrons. The summed E-state index contributed by atoms with van der Waals surface area (Å²) in [5.41, 5.74) is 1.38. The van der Waals surface area contributed by atoms with Gasteiger partial charge < -0.3 is 15.0 Å². The third-order valence-corrected chi connectivity index (χ3v) is 5.08. The van der Waals surface area contributed by atoms with Crippen molar-refractivity contribution in [2.24, 2.45) is 0 Å². The fourth-order valence-corrected chi connectivity index (χ4v) is 3.74. The molecular formula is C19H18N4O3S. The molecule has 27 heavy (non-hydrogen) atoms. The molecule has 0 bridgehead atoms. The Hall–Kier alpha value is -3.31. The van der Waals surface area contributed by atoms with Gasteiger partial charge in [-0.25, -0.2) is 4.79 Å². The van der Waals surface area contributed by atoms with Crippen molar-refractivity contribution in [3.63, 3.8) is 0 Å². The predicted octanol–water partition coefficient (Wildman–Crippen LogP) is 1.50. The number of anilines is 1. The van der Waals surface area contributed by atoms with Crippen LogP contribution in [0.5, 0.6) is 0 Å². The van der Waals surface area contributed by atoms with Crippen LogP contribution in [0.4, 0.5) is 5.69 Å². The molecule has 8 heteroatoms. The molecule has 0 amide bonds. The largest absolute Gasteiger partial charge is 0.462 e. The van der Waals surface area contributed by atoms with Crippen LogP contribution in [0.15, 0.2) is 35.3 Å². The van der Waals surface area contributed by atoms with Crippen LogP contribution in [0.2, 0.25) is 0 Å². The molecule has 0 spiro atoms. The number of carbonyl (C=O) groups excluding carboxylic acids is 1. The Kier molecular flexibility index (Phi) is 5.43. The van der Waals surface area contributed by atoms with E-state index in [0.29, 0.717) is 15.7 Å². The first-order chi connectivity index (χ1) is 13.1. The molecule has 0 fully saturated rings. The Morgan fingerprint density at radius 3 is 2.93 bits per heavy atom. The predicted molar refractivity (Wildman–Crippen MR) is 106 cm³/mol. The van der Waals surface area contributed by atoms with Crippen LogP contribution in [-0.4, -0.2) is 22.1 Å². The molecule has 2 heterocycles. The number of H-pyrrole nitrogens is 1. The van der Waals surface area contributed by atoms with E-state index in [9.17, 15) is 14.9 Å². The Balaban J connectivity index is 2.07. The number of rotatable bonds is 5. The lowest BCUT2D eigenvalue weighted by Gasteiger charge is -2.00. The van der Waals surface area contributed by atoms with Crippen molar-refractivity contribution in [3.8, 4) is 6.07 Å². The van der Waals surface area contributed by atoms with Crippen molar-refractivity contribution in [3.05, 3.63) is 50.0 Å². The van der Waals surface area contributed by atoms with Gasteiger partial charge in [0, 0.05) is 30.1 Å². The van der Waals surface area contributed by atoms with Crippen molar-refractivity contribution in [1.29, 1.82) is 5.26 Å². The van der Waals surface area contributed by atoms with Crippen molar-refractivity contribution in [2.75, 3.05) is 11.9 Å². The van der Waals surface area contributed by atoms with Crippen LogP contribution in [0.1, 0.15) is 13.8 Å². The SMILES string of the molecule is CCOC(=O)/C(C#N)=c1\s/c(=C/Nc2ccc3cc[nH]c3c2)c(=O)n1CC. The number of aromatic amines is 1. The van der Waals surface area contributed by atoms with Gasteiger partial charge >= 0.3 is 5.97 Å². The number of carbonyl (C=O) groups is 1. The van der Waals surface area contributed by atoms with E-state index < -0.39 is 5.97 Å². The first-order valence-electron chi connectivity index (χ1n) is 8.44. The van der Waals surface area contributed by atoms with E-state index in [-0.39, 0.29) is 17.7 Å². The highest BCUT2D eigenvalue weighted by Gasteiger charge is 2.16. The molecule has 0 unspecified atom stereocenters. The van der Waals surface area contributed by atoms with E-state index >= 15 is 0 Å². The topological polar surface area (TPSA) is 99.9 Å². The molecule has 0 saturated carbocycles. The number of nitriles is 1. The minimum absolute atomic E-state index is 0.159. The molecule has 0 aliphatic rings. The highest BCUT2D eigenvalue weighted by atomic mass is 32.1. The summed E-state index contributed by atoms with van der Waals surface area (Å²) in [4.78, 5) is 27.8. The Morgan fingerprint density at radius 2 is 2.22 bits per heavy atom. The second kappa shape index (κ2) is 7.93. The first-order valence-corrected chi connectivity index (χ1v) is 9.25. The Labute approximate surface area is 158 Å². The van der Waals surface area contributed by atoms with Crippen molar-refractivity contribution < 1.29 is 9.53 Å². The number of nitrogens with zero attached hydrogens (tertiary/aromatic N) is 2. The fraction of sp³-hybridized carbons (Fsp3) is 0.211. The lowest BCUT2D eigenvalue weighted by molar-refractivity contribution is -0.136. The van der Waals surface area contributed by atoms with Gasteiger partial charge in [-0.3, -0.25) is 9.36 Å². The van der Waals surface area contributed by atoms with Crippen LogP contribution in [0, 0.1) is 11.3 Å². The molecule has 0 aliphatic carbocycles. The zero-order valence-corrected chi connectivity index (χ0v) is 15.7. The number of benzene rings is 1. The third-order valence-electron chi connectivity index (χ3n) is 3.95. The minimum Gasteiger partial charge on any atom is -0.462 e. The van der Waals surface area contributed by atoms with Crippen LogP contribution in [-0.2, 0) is 16.1 Å². The molecule has 7 nitrogen and oxygen atoms in total. The summed E-state index contributed by atoms with van der Waals surface area (Å²) < 4.78 is 7.03. The van der Waals surface area contributed by atoms with Gasteiger partial charge in [-0.15, -0.1) is 11.3 Å². The summed E-state index contributed by atoms with van der Waals surface area (Å²) in [7, 11) is 0. The molecule has 2 N–H and O–H groups in total. The molecule has 1 aromatic carbocycles. The van der Waals surface area contributed by atoms with E-state index in [4.69, 9.17) is 4.74 Å². The summed E-state index contributed by atoms with van der Waals surface area (Å²) >= 11 is 1.09. The average molecular weight is 382 g/mol. The van der Waals surface area contributed by atoms with Gasteiger partial charge in [-0.1, -0.05) is 6.07 Å². The Bertz CT molecular complexity index is 1210.